The number of esters is 1. The van der Waals surface area contributed by atoms with Crippen LogP contribution in [-0.4, -0.2) is 25.0 Å². The van der Waals surface area contributed by atoms with Gasteiger partial charge in [-0.15, -0.1) is 0 Å². The third-order valence-electron chi connectivity index (χ3n) is 3.94. The van der Waals surface area contributed by atoms with Crippen LogP contribution in [0.5, 0.6) is 0 Å². The largest absolute Gasteiger partial charge is 0.462 e. The minimum absolute atomic E-state index is 0.159. The molecule has 0 unspecified atom stereocenters. The summed E-state index contributed by atoms with van der Waals surface area (Å²) in [5.74, 6) is -0.553. The Morgan fingerprint density at radius 1 is 1.04 bits per heavy atom. The lowest BCUT2D eigenvalue weighted by atomic mass is 10.1. The highest BCUT2D eigenvalue weighted by Crippen LogP contribution is 2.27. The van der Waals surface area contributed by atoms with Gasteiger partial charge in [0.1, 0.15) is 0 Å². The lowest BCUT2D eigenvalue weighted by Crippen LogP contribution is -2.13. The van der Waals surface area contributed by atoms with Crippen molar-refractivity contribution in [3.05, 3.63) is 78.0 Å². The monoisotopic (exact) mass is 369 g/mol. The van der Waals surface area contributed by atoms with Crippen LogP contribution in [0.2, 0.25) is 0 Å². The number of carbonyl (C=O) groups is 1. The molecule has 3 rings (SSSR count). The number of nitrogens with zero attached hydrogens (tertiary/aromatic N) is 1. The van der Waals surface area contributed by atoms with Crippen molar-refractivity contribution in [2.75, 3.05) is 6.61 Å². The van der Waals surface area contributed by atoms with E-state index in [1.54, 1.807) is 49.4 Å². The van der Waals surface area contributed by atoms with Crippen LogP contribution in [0.15, 0.2) is 71.8 Å². The topological polar surface area (TPSA) is 65.4 Å². The van der Waals surface area contributed by atoms with E-state index in [9.17, 15) is 13.2 Å². The summed E-state index contributed by atoms with van der Waals surface area (Å²) in [6, 6.07) is 17.2. The molecule has 0 amide bonds. The Balaban J connectivity index is 2.18. The van der Waals surface area contributed by atoms with E-state index < -0.39 is 16.0 Å². The van der Waals surface area contributed by atoms with Crippen LogP contribution in [0.1, 0.15) is 22.8 Å². The maximum Gasteiger partial charge on any atom is 0.339 e. The normalized spacial score (nSPS) is 11.3. The summed E-state index contributed by atoms with van der Waals surface area (Å²) in [5.41, 5.74) is 2.27. The van der Waals surface area contributed by atoms with E-state index in [4.69, 9.17) is 4.74 Å². The SMILES string of the molecule is CCOC(=O)c1cc(-c2ccccc2)n(S(=O)(=O)c2ccc(C)cc2)c1. The highest BCUT2D eigenvalue weighted by atomic mass is 32.2. The fourth-order valence-corrected chi connectivity index (χ4v) is 3.99. The Hall–Kier alpha value is -2.86. The quantitative estimate of drug-likeness (QED) is 0.640. The van der Waals surface area contributed by atoms with Crippen LogP contribution in [0.4, 0.5) is 0 Å². The van der Waals surface area contributed by atoms with Gasteiger partial charge in [0.15, 0.2) is 0 Å². The number of hydrogen-bond acceptors (Lipinski definition) is 4. The second-order valence-electron chi connectivity index (χ2n) is 5.81. The molecule has 26 heavy (non-hydrogen) atoms. The van der Waals surface area contributed by atoms with Gasteiger partial charge in [0.25, 0.3) is 10.0 Å². The van der Waals surface area contributed by atoms with Crippen molar-refractivity contribution in [1.29, 1.82) is 0 Å². The van der Waals surface area contributed by atoms with Crippen LogP contribution < -0.4 is 0 Å². The highest BCUT2D eigenvalue weighted by molar-refractivity contribution is 7.90. The van der Waals surface area contributed by atoms with E-state index in [1.165, 1.54) is 6.20 Å². The molecule has 3 aromatic rings. The average Bonchev–Trinajstić information content (AvgIpc) is 3.09. The Kier molecular flexibility index (Phi) is 4.95. The van der Waals surface area contributed by atoms with Crippen LogP contribution in [-0.2, 0) is 14.8 Å². The highest BCUT2D eigenvalue weighted by Gasteiger charge is 2.24. The Morgan fingerprint density at radius 2 is 1.69 bits per heavy atom. The van der Waals surface area contributed by atoms with Crippen molar-refractivity contribution in [2.24, 2.45) is 0 Å². The Labute approximate surface area is 152 Å². The predicted octanol–water partition coefficient (Wildman–Crippen LogP) is 3.88. The molecule has 0 spiro atoms. The number of hydrogen-bond donors (Lipinski definition) is 0. The summed E-state index contributed by atoms with van der Waals surface area (Å²) in [5, 5.41) is 0. The molecule has 2 aromatic carbocycles. The zero-order valence-electron chi connectivity index (χ0n) is 14.5. The van der Waals surface area contributed by atoms with Crippen molar-refractivity contribution in [3.8, 4) is 11.3 Å². The zero-order valence-corrected chi connectivity index (χ0v) is 15.4. The second kappa shape index (κ2) is 7.17. The van der Waals surface area contributed by atoms with Gasteiger partial charge in [0.2, 0.25) is 0 Å². The second-order valence-corrected chi connectivity index (χ2v) is 7.63. The summed E-state index contributed by atoms with van der Waals surface area (Å²) >= 11 is 0. The molecule has 0 aliphatic rings. The van der Waals surface area contributed by atoms with Gasteiger partial charge in [-0.2, -0.15) is 0 Å². The van der Waals surface area contributed by atoms with Gasteiger partial charge in [-0.25, -0.2) is 17.2 Å². The van der Waals surface area contributed by atoms with Crippen molar-refractivity contribution in [2.45, 2.75) is 18.7 Å². The number of aryl methyl sites for hydroxylation is 1. The first-order valence-electron chi connectivity index (χ1n) is 8.20. The third-order valence-corrected chi connectivity index (χ3v) is 5.63. The molecule has 0 radical (unpaired) electrons. The van der Waals surface area contributed by atoms with Crippen molar-refractivity contribution >= 4 is 16.0 Å². The van der Waals surface area contributed by atoms with E-state index in [0.717, 1.165) is 9.54 Å². The van der Waals surface area contributed by atoms with Gasteiger partial charge >= 0.3 is 5.97 Å². The maximum absolute atomic E-state index is 13.1. The number of rotatable bonds is 5. The van der Waals surface area contributed by atoms with E-state index >= 15 is 0 Å². The molecule has 1 aromatic heterocycles. The van der Waals surface area contributed by atoms with Gasteiger partial charge in [-0.3, -0.25) is 0 Å². The first-order valence-corrected chi connectivity index (χ1v) is 9.64. The molecule has 0 aliphatic heterocycles. The minimum atomic E-state index is -3.85. The van der Waals surface area contributed by atoms with Gasteiger partial charge in [-0.05, 0) is 37.6 Å². The standard InChI is InChI=1S/C20H19NO4S/c1-3-25-20(22)17-13-19(16-7-5-4-6-8-16)21(14-17)26(23,24)18-11-9-15(2)10-12-18/h4-14H,3H2,1-2H3. The molecule has 134 valence electrons. The predicted molar refractivity (Wildman–Crippen MR) is 99.6 cm³/mol. The first-order chi connectivity index (χ1) is 12.4. The summed E-state index contributed by atoms with van der Waals surface area (Å²) in [6.07, 6.45) is 1.31. The van der Waals surface area contributed by atoms with E-state index in [2.05, 4.69) is 0 Å². The van der Waals surface area contributed by atoms with Gasteiger partial charge < -0.3 is 4.74 Å². The first kappa shape index (κ1) is 17.9. The molecule has 0 saturated heterocycles. The average molecular weight is 369 g/mol. The van der Waals surface area contributed by atoms with Crippen LogP contribution >= 0.6 is 0 Å². The third kappa shape index (κ3) is 3.41. The number of ether oxygens (including phenoxy) is 1. The van der Waals surface area contributed by atoms with Crippen LogP contribution in [0.25, 0.3) is 11.3 Å². The molecular weight excluding hydrogens is 350 g/mol. The fraction of sp³-hybridized carbons (Fsp3) is 0.150. The van der Waals surface area contributed by atoms with Crippen molar-refractivity contribution < 1.29 is 17.9 Å². The van der Waals surface area contributed by atoms with Gasteiger partial charge in [0.05, 0.1) is 22.8 Å². The fourth-order valence-electron chi connectivity index (χ4n) is 2.61. The molecule has 0 saturated carbocycles. The van der Waals surface area contributed by atoms with E-state index in [0.29, 0.717) is 11.3 Å². The lowest BCUT2D eigenvalue weighted by molar-refractivity contribution is 0.0526. The van der Waals surface area contributed by atoms with E-state index in [-0.39, 0.29) is 17.1 Å². The molecule has 0 atom stereocenters. The minimum Gasteiger partial charge on any atom is -0.462 e. The maximum atomic E-state index is 13.1. The van der Waals surface area contributed by atoms with Crippen molar-refractivity contribution in [3.63, 3.8) is 0 Å². The van der Waals surface area contributed by atoms with Gasteiger partial charge in [0, 0.05) is 6.20 Å². The number of carbonyl (C=O) groups excluding carboxylic acids is 1. The summed E-state index contributed by atoms with van der Waals surface area (Å²) in [6.45, 7) is 3.81. The number of aromatic nitrogens is 1. The summed E-state index contributed by atoms with van der Waals surface area (Å²) in [7, 11) is -3.85. The molecular formula is C20H19NO4S. The Bertz CT molecular complexity index is 1020. The van der Waals surface area contributed by atoms with E-state index in [1.807, 2.05) is 25.1 Å². The summed E-state index contributed by atoms with van der Waals surface area (Å²) < 4.78 is 32.4. The molecule has 0 N–H and O–H groups in total. The lowest BCUT2D eigenvalue weighted by Gasteiger charge is -2.11. The molecule has 6 heteroatoms. The zero-order chi connectivity index (χ0) is 18.7. The molecule has 1 heterocycles. The molecule has 0 fully saturated rings. The Morgan fingerprint density at radius 3 is 2.31 bits per heavy atom. The number of benzene rings is 2. The van der Waals surface area contributed by atoms with Crippen molar-refractivity contribution in [1.82, 2.24) is 3.97 Å². The molecule has 5 nitrogen and oxygen atoms in total. The molecule has 0 bridgehead atoms. The smallest absolute Gasteiger partial charge is 0.339 e. The molecule has 0 aliphatic carbocycles. The van der Waals surface area contributed by atoms with Crippen LogP contribution in [0, 0.1) is 6.92 Å². The van der Waals surface area contributed by atoms with Gasteiger partial charge in [-0.1, -0.05) is 48.0 Å². The summed E-state index contributed by atoms with van der Waals surface area (Å²) in [4.78, 5) is 12.3. The van der Waals surface area contributed by atoms with Crippen LogP contribution in [0.3, 0.4) is 0 Å².